The predicted molar refractivity (Wildman–Crippen MR) is 145 cm³/mol. The molecule has 0 unspecified atom stereocenters. The van der Waals surface area contributed by atoms with Crippen LogP contribution in [0.3, 0.4) is 0 Å². The molecule has 2 atom stereocenters. The Morgan fingerprint density at radius 2 is 1.77 bits per heavy atom. The number of piperidine rings is 1. The molecule has 3 heterocycles. The maximum atomic E-state index is 14.4. The summed E-state index contributed by atoms with van der Waals surface area (Å²) in [5.41, 5.74) is 0.328. The topological polar surface area (TPSA) is 114 Å². The monoisotopic (exact) mass is 561 g/mol. The van der Waals surface area contributed by atoms with Crippen LogP contribution in [0.1, 0.15) is 32.7 Å². The molecule has 1 aliphatic carbocycles. The van der Waals surface area contributed by atoms with Gasteiger partial charge in [-0.1, -0.05) is 25.4 Å². The van der Waals surface area contributed by atoms with Crippen molar-refractivity contribution in [3.8, 4) is 0 Å². The number of halogens is 3. The van der Waals surface area contributed by atoms with Crippen molar-refractivity contribution >= 4 is 46.0 Å². The van der Waals surface area contributed by atoms with E-state index in [-0.39, 0.29) is 47.7 Å². The van der Waals surface area contributed by atoms with Gasteiger partial charge in [0, 0.05) is 56.7 Å². The SMILES string of the molecule is CNC(=O)[C@H]1C[C@@H](n2c(=O)c(=O)n(C)c3ccc(Nc4nc(N5C[C@@H](C)C(F)(F)[C@@H](C)C5)ncc4Cl)cc32)C1. The molecule has 2 aromatic heterocycles. The summed E-state index contributed by atoms with van der Waals surface area (Å²) in [6.45, 7) is 3.23. The zero-order chi connectivity index (χ0) is 28.2. The van der Waals surface area contributed by atoms with Gasteiger partial charge in [0.2, 0.25) is 11.9 Å². The van der Waals surface area contributed by atoms with Crippen LogP contribution in [0.4, 0.5) is 26.2 Å². The highest BCUT2D eigenvalue weighted by Gasteiger charge is 2.47. The number of nitrogens with one attached hydrogen (secondary N) is 2. The van der Waals surface area contributed by atoms with Gasteiger partial charge in [0.15, 0.2) is 5.82 Å². The number of aryl methyl sites for hydroxylation is 1. The van der Waals surface area contributed by atoms with Crippen LogP contribution in [0.2, 0.25) is 5.02 Å². The van der Waals surface area contributed by atoms with Crippen LogP contribution in [0, 0.1) is 17.8 Å². The van der Waals surface area contributed by atoms with Crippen LogP contribution in [-0.4, -0.2) is 51.1 Å². The molecule has 39 heavy (non-hydrogen) atoms. The molecule has 1 saturated carbocycles. The maximum Gasteiger partial charge on any atom is 0.317 e. The molecule has 1 aromatic carbocycles. The summed E-state index contributed by atoms with van der Waals surface area (Å²) in [7, 11) is 3.11. The van der Waals surface area contributed by atoms with E-state index in [9.17, 15) is 23.2 Å². The maximum absolute atomic E-state index is 14.4. The molecule has 10 nitrogen and oxygen atoms in total. The summed E-state index contributed by atoms with van der Waals surface area (Å²) in [6.07, 6.45) is 2.32. The third-order valence-electron chi connectivity index (χ3n) is 7.98. The molecule has 1 saturated heterocycles. The zero-order valence-corrected chi connectivity index (χ0v) is 22.8. The van der Waals surface area contributed by atoms with Crippen molar-refractivity contribution in [3.63, 3.8) is 0 Å². The van der Waals surface area contributed by atoms with Crippen molar-refractivity contribution in [2.45, 2.75) is 38.7 Å². The van der Waals surface area contributed by atoms with Crippen molar-refractivity contribution in [2.75, 3.05) is 30.4 Å². The largest absolute Gasteiger partial charge is 0.359 e. The average molecular weight is 562 g/mol. The number of alkyl halides is 2. The number of hydrogen-bond donors (Lipinski definition) is 2. The van der Waals surface area contributed by atoms with E-state index in [0.29, 0.717) is 29.6 Å². The molecule has 13 heteroatoms. The van der Waals surface area contributed by atoms with Gasteiger partial charge in [0.05, 0.1) is 17.2 Å². The minimum atomic E-state index is -2.77. The summed E-state index contributed by atoms with van der Waals surface area (Å²) in [4.78, 5) is 48.2. The Morgan fingerprint density at radius 3 is 2.41 bits per heavy atom. The standard InChI is InChI=1S/C26H30ClF2N7O3/c1-13-11-35(12-14(2)26(13,28)29)25-31-10-18(27)21(33-25)32-16-5-6-19-20(9-16)36(24(39)23(38)34(19)4)17-7-15(8-17)22(37)30-3/h5-6,9-10,13-15,17H,7-8,11-12H2,1-4H3,(H,30,37)(H,31,32,33)/t13-,14+,15-,17+. The highest BCUT2D eigenvalue weighted by Crippen LogP contribution is 2.40. The first-order chi connectivity index (χ1) is 18.4. The summed E-state index contributed by atoms with van der Waals surface area (Å²) >= 11 is 6.39. The number of amides is 1. The molecule has 0 spiro atoms. The number of carbonyl (C=O) groups is 1. The Hall–Kier alpha value is -3.54. The molecule has 1 amide bonds. The summed E-state index contributed by atoms with van der Waals surface area (Å²) in [5, 5.41) is 6.00. The second-order valence-corrected chi connectivity index (χ2v) is 11.0. The van der Waals surface area contributed by atoms with Gasteiger partial charge in [-0.2, -0.15) is 4.98 Å². The van der Waals surface area contributed by atoms with Gasteiger partial charge in [-0.25, -0.2) is 13.8 Å². The fraction of sp³-hybridized carbons (Fsp3) is 0.500. The lowest BCUT2D eigenvalue weighted by atomic mass is 9.79. The van der Waals surface area contributed by atoms with E-state index < -0.39 is 28.9 Å². The number of nitrogens with zero attached hydrogens (tertiary/aromatic N) is 5. The molecule has 3 aromatic rings. The highest BCUT2D eigenvalue weighted by molar-refractivity contribution is 6.32. The second-order valence-electron chi connectivity index (χ2n) is 10.6. The number of aromatic nitrogens is 4. The Bertz CT molecular complexity index is 1550. The van der Waals surface area contributed by atoms with Gasteiger partial charge in [-0.05, 0) is 31.0 Å². The van der Waals surface area contributed by atoms with Crippen LogP contribution in [0.15, 0.2) is 34.0 Å². The summed E-state index contributed by atoms with van der Waals surface area (Å²) < 4.78 is 31.5. The Balaban J connectivity index is 1.48. The average Bonchev–Trinajstić information content (AvgIpc) is 2.88. The lowest BCUT2D eigenvalue weighted by molar-refractivity contribution is -0.128. The molecular weight excluding hydrogens is 532 g/mol. The fourth-order valence-electron chi connectivity index (χ4n) is 5.49. The van der Waals surface area contributed by atoms with Gasteiger partial charge in [0.25, 0.3) is 5.92 Å². The minimum absolute atomic E-state index is 0.0924. The molecule has 0 bridgehead atoms. The molecule has 1 aliphatic heterocycles. The van der Waals surface area contributed by atoms with Gasteiger partial charge in [-0.15, -0.1) is 0 Å². The van der Waals surface area contributed by atoms with E-state index in [0.717, 1.165) is 0 Å². The lowest BCUT2D eigenvalue weighted by Crippen LogP contribution is -2.52. The van der Waals surface area contributed by atoms with Crippen LogP contribution in [0.5, 0.6) is 0 Å². The second kappa shape index (κ2) is 9.89. The Morgan fingerprint density at radius 1 is 1.10 bits per heavy atom. The molecule has 2 fully saturated rings. The number of fused-ring (bicyclic) bond motifs is 1. The van der Waals surface area contributed by atoms with Crippen LogP contribution in [0.25, 0.3) is 11.0 Å². The quantitative estimate of drug-likeness (QED) is 0.459. The van der Waals surface area contributed by atoms with Gasteiger partial charge in [0.1, 0.15) is 5.02 Å². The molecule has 2 N–H and O–H groups in total. The number of rotatable bonds is 5. The van der Waals surface area contributed by atoms with E-state index in [1.807, 2.05) is 0 Å². The fourth-order valence-corrected chi connectivity index (χ4v) is 5.62. The van der Waals surface area contributed by atoms with Crippen molar-refractivity contribution in [3.05, 3.63) is 50.1 Å². The van der Waals surface area contributed by atoms with Gasteiger partial charge < -0.3 is 20.1 Å². The zero-order valence-electron chi connectivity index (χ0n) is 22.0. The van der Waals surface area contributed by atoms with E-state index in [1.54, 1.807) is 30.1 Å². The smallest absolute Gasteiger partial charge is 0.317 e. The van der Waals surface area contributed by atoms with Gasteiger partial charge in [-0.3, -0.25) is 19.0 Å². The van der Waals surface area contributed by atoms with Crippen LogP contribution >= 0.6 is 11.6 Å². The Labute approximate surface area is 228 Å². The molecular formula is C26H30ClF2N7O3. The first-order valence-electron chi connectivity index (χ1n) is 12.8. The summed E-state index contributed by atoms with van der Waals surface area (Å²) in [5.74, 6) is -4.25. The minimum Gasteiger partial charge on any atom is -0.359 e. The molecule has 208 valence electrons. The predicted octanol–water partition coefficient (Wildman–Crippen LogP) is 3.31. The third-order valence-corrected chi connectivity index (χ3v) is 8.25. The van der Waals surface area contributed by atoms with Crippen LogP contribution in [-0.2, 0) is 11.8 Å². The van der Waals surface area contributed by atoms with Crippen LogP contribution < -0.4 is 26.7 Å². The van der Waals surface area contributed by atoms with Gasteiger partial charge >= 0.3 is 11.1 Å². The van der Waals surface area contributed by atoms with Crippen molar-refractivity contribution in [1.29, 1.82) is 0 Å². The third kappa shape index (κ3) is 4.64. The Kier molecular flexibility index (Phi) is 6.86. The van der Waals surface area contributed by atoms with E-state index in [1.165, 1.54) is 36.2 Å². The van der Waals surface area contributed by atoms with E-state index >= 15 is 0 Å². The highest BCUT2D eigenvalue weighted by atomic mass is 35.5. The number of hydrogen-bond acceptors (Lipinski definition) is 7. The van der Waals surface area contributed by atoms with Crippen molar-refractivity contribution in [2.24, 2.45) is 24.8 Å². The van der Waals surface area contributed by atoms with Crippen molar-refractivity contribution in [1.82, 2.24) is 24.4 Å². The lowest BCUT2D eigenvalue weighted by Gasteiger charge is -2.41. The molecule has 2 aliphatic rings. The molecule has 5 rings (SSSR count). The normalized spacial score (nSPS) is 24.3. The van der Waals surface area contributed by atoms with E-state index in [2.05, 4.69) is 20.6 Å². The van der Waals surface area contributed by atoms with Crippen molar-refractivity contribution < 1.29 is 13.6 Å². The first-order valence-corrected chi connectivity index (χ1v) is 13.2. The van der Waals surface area contributed by atoms with E-state index in [4.69, 9.17) is 11.6 Å². The summed E-state index contributed by atoms with van der Waals surface area (Å²) in [6, 6.07) is 4.89. The number of carbonyl (C=O) groups excluding carboxylic acids is 1. The molecule has 0 radical (unpaired) electrons. The number of anilines is 3. The first kappa shape index (κ1) is 27.0. The number of benzene rings is 1.